The Labute approximate surface area is 158 Å². The maximum atomic E-state index is 11.5. The zero-order valence-electron chi connectivity index (χ0n) is 13.5. The number of rotatable bonds is 7. The van der Waals surface area contributed by atoms with Crippen LogP contribution >= 0.6 is 38.1 Å². The van der Waals surface area contributed by atoms with Gasteiger partial charge in [0.1, 0.15) is 11.4 Å². The monoisotopic (exact) mass is 443 g/mol. The number of thiazole rings is 1. The Morgan fingerprint density at radius 3 is 2.19 bits per heavy atom. The number of hydrogen-bond donors (Lipinski definition) is 6. The summed E-state index contributed by atoms with van der Waals surface area (Å²) in [5, 5.41) is 12.5. The van der Waals surface area contributed by atoms with E-state index in [2.05, 4.69) is 5.32 Å². The van der Waals surface area contributed by atoms with Crippen LogP contribution in [0.4, 0.5) is 10.8 Å². The second-order valence-corrected chi connectivity index (χ2v) is 10.9. The Hall–Kier alpha value is -0.800. The van der Waals surface area contributed by atoms with Gasteiger partial charge in [0, 0.05) is 16.8 Å². The summed E-state index contributed by atoms with van der Waals surface area (Å²) in [5.74, 6) is 0. The van der Waals surface area contributed by atoms with Gasteiger partial charge < -0.3 is 24.7 Å². The molecular formula is C13H18ClN2O7P2S+. The quantitative estimate of drug-likeness (QED) is 0.281. The number of hydrogen-bond acceptors (Lipinski definition) is 5. The first-order chi connectivity index (χ1) is 11.8. The van der Waals surface area contributed by atoms with Crippen molar-refractivity contribution in [2.24, 2.45) is 0 Å². The van der Waals surface area contributed by atoms with Crippen LogP contribution in [-0.2, 0) is 15.7 Å². The lowest BCUT2D eigenvalue weighted by atomic mass is 10.3. The molecule has 0 spiro atoms. The molecule has 1 heterocycles. The smallest absolute Gasteiger partial charge is 0.367 e. The van der Waals surface area contributed by atoms with Gasteiger partial charge in [0.25, 0.3) is 5.08 Å². The largest absolute Gasteiger partial charge is 0.369 e. The summed E-state index contributed by atoms with van der Waals surface area (Å²) in [4.78, 5) is 36.9. The van der Waals surface area contributed by atoms with Gasteiger partial charge in [-0.3, -0.25) is 9.13 Å². The van der Waals surface area contributed by atoms with Crippen molar-refractivity contribution in [1.82, 2.24) is 0 Å². The summed E-state index contributed by atoms with van der Waals surface area (Å²) in [6.07, 6.45) is -0.834. The third kappa shape index (κ3) is 4.54. The summed E-state index contributed by atoms with van der Waals surface area (Å²) >= 11 is 7.12. The summed E-state index contributed by atoms with van der Waals surface area (Å²) in [5.41, 5.74) is 1.38. The van der Waals surface area contributed by atoms with Gasteiger partial charge in [0.2, 0.25) is 0 Å². The number of aliphatic hydroxyl groups is 1. The highest BCUT2D eigenvalue weighted by atomic mass is 35.5. The van der Waals surface area contributed by atoms with E-state index in [1.165, 1.54) is 11.3 Å². The highest BCUT2D eigenvalue weighted by molar-refractivity contribution is 7.72. The molecule has 0 aliphatic heterocycles. The number of halogens is 1. The number of aromatic nitrogens is 1. The summed E-state index contributed by atoms with van der Waals surface area (Å²) < 4.78 is 24.5. The van der Waals surface area contributed by atoms with Crippen LogP contribution in [0.15, 0.2) is 29.6 Å². The molecule has 0 unspecified atom stereocenters. The van der Waals surface area contributed by atoms with Gasteiger partial charge in [-0.15, -0.1) is 0 Å². The highest BCUT2D eigenvalue weighted by Gasteiger charge is 2.59. The van der Waals surface area contributed by atoms with Crippen LogP contribution in [0.3, 0.4) is 0 Å². The molecule has 13 heteroatoms. The average molecular weight is 444 g/mol. The van der Waals surface area contributed by atoms with Crippen molar-refractivity contribution in [3.63, 3.8) is 0 Å². The topological polar surface area (TPSA) is 151 Å². The standard InChI is InChI=1S/C13H17ClN2O7P2S/c1-9-8-26-12(15-11-4-2-10(14)3-5-11)16(9)7-6-13(17,24(18,19)20)25(21,22)23/h2-5,8,17H,6-7H2,1H3,(H4,18,19,20,21,22,23)/p+1. The predicted octanol–water partition coefficient (Wildman–Crippen LogP) is 2.13. The molecule has 0 amide bonds. The molecule has 0 atom stereocenters. The van der Waals surface area contributed by atoms with Gasteiger partial charge in [-0.1, -0.05) is 22.9 Å². The fraction of sp³-hybridized carbons (Fsp3) is 0.308. The number of benzene rings is 1. The van der Waals surface area contributed by atoms with Crippen molar-refractivity contribution < 1.29 is 38.4 Å². The molecular weight excluding hydrogens is 426 g/mol. The second kappa shape index (κ2) is 7.67. The minimum absolute atomic E-state index is 0.224. The molecule has 0 saturated carbocycles. The third-order valence-electron chi connectivity index (χ3n) is 3.71. The third-order valence-corrected chi connectivity index (χ3v) is 8.84. The van der Waals surface area contributed by atoms with E-state index in [1.807, 2.05) is 0 Å². The molecule has 0 radical (unpaired) electrons. The van der Waals surface area contributed by atoms with E-state index in [9.17, 15) is 33.8 Å². The summed E-state index contributed by atoms with van der Waals surface area (Å²) in [6, 6.07) is 6.80. The van der Waals surface area contributed by atoms with E-state index in [1.54, 1.807) is 41.1 Å². The van der Waals surface area contributed by atoms with Crippen molar-refractivity contribution in [1.29, 1.82) is 0 Å². The second-order valence-electron chi connectivity index (χ2n) is 5.58. The highest BCUT2D eigenvalue weighted by Crippen LogP contribution is 2.68. The number of nitrogens with zero attached hydrogens (tertiary/aromatic N) is 1. The van der Waals surface area contributed by atoms with Gasteiger partial charge >= 0.3 is 20.3 Å². The Bertz CT molecular complexity index is 855. The summed E-state index contributed by atoms with van der Waals surface area (Å²) in [7, 11) is -11.0. The molecule has 1 aromatic carbocycles. The first-order valence-corrected chi connectivity index (χ1v) is 11.7. The molecule has 26 heavy (non-hydrogen) atoms. The Balaban J connectivity index is 2.27. The van der Waals surface area contributed by atoms with Crippen LogP contribution in [0.1, 0.15) is 12.1 Å². The van der Waals surface area contributed by atoms with Gasteiger partial charge in [-0.2, -0.15) is 0 Å². The first-order valence-electron chi connectivity index (χ1n) is 7.19. The minimum Gasteiger partial charge on any atom is -0.367 e. The molecule has 0 aliphatic carbocycles. The Morgan fingerprint density at radius 2 is 1.69 bits per heavy atom. The van der Waals surface area contributed by atoms with E-state index in [0.717, 1.165) is 0 Å². The van der Waals surface area contributed by atoms with Gasteiger partial charge in [0.05, 0.1) is 6.54 Å². The van der Waals surface area contributed by atoms with Crippen molar-refractivity contribution >= 4 is 48.9 Å². The molecule has 0 bridgehead atoms. The van der Waals surface area contributed by atoms with Crippen LogP contribution in [0.2, 0.25) is 5.02 Å². The lowest BCUT2D eigenvalue weighted by molar-refractivity contribution is -0.686. The van der Waals surface area contributed by atoms with E-state index >= 15 is 0 Å². The van der Waals surface area contributed by atoms with Crippen LogP contribution < -0.4 is 9.88 Å². The number of anilines is 2. The van der Waals surface area contributed by atoms with E-state index in [-0.39, 0.29) is 6.54 Å². The fourth-order valence-corrected chi connectivity index (χ4v) is 5.40. The molecule has 0 fully saturated rings. The lowest BCUT2D eigenvalue weighted by Crippen LogP contribution is -2.41. The van der Waals surface area contributed by atoms with E-state index in [4.69, 9.17) is 11.6 Å². The zero-order valence-corrected chi connectivity index (χ0v) is 16.8. The average Bonchev–Trinajstić information content (AvgIpc) is 2.85. The van der Waals surface area contributed by atoms with Crippen molar-refractivity contribution in [2.45, 2.75) is 25.0 Å². The number of aryl methyl sites for hydroxylation is 1. The normalized spacial score (nSPS) is 13.0. The molecule has 6 N–H and O–H groups in total. The SMILES string of the molecule is Cc1csc(Nc2ccc(Cl)cc2)[n+]1CCC(O)(P(=O)(O)O)P(=O)(O)O. The lowest BCUT2D eigenvalue weighted by Gasteiger charge is -2.28. The Kier molecular flexibility index (Phi) is 6.35. The summed E-state index contributed by atoms with van der Waals surface area (Å²) in [6.45, 7) is 1.50. The van der Waals surface area contributed by atoms with Crippen molar-refractivity contribution in [3.8, 4) is 0 Å². The van der Waals surface area contributed by atoms with E-state index < -0.39 is 26.7 Å². The molecule has 9 nitrogen and oxygen atoms in total. The Morgan fingerprint density at radius 1 is 1.15 bits per heavy atom. The first kappa shape index (κ1) is 21.5. The van der Waals surface area contributed by atoms with Crippen LogP contribution in [0.5, 0.6) is 0 Å². The zero-order chi connectivity index (χ0) is 19.8. The van der Waals surface area contributed by atoms with Gasteiger partial charge in [-0.25, -0.2) is 9.88 Å². The van der Waals surface area contributed by atoms with Gasteiger partial charge in [0.15, 0.2) is 0 Å². The number of nitrogens with one attached hydrogen (secondary N) is 1. The maximum absolute atomic E-state index is 11.5. The van der Waals surface area contributed by atoms with Crippen molar-refractivity contribution in [2.75, 3.05) is 5.32 Å². The molecule has 1 aromatic heterocycles. The molecule has 144 valence electrons. The van der Waals surface area contributed by atoms with Crippen LogP contribution in [0, 0.1) is 6.92 Å². The molecule has 0 saturated heterocycles. The van der Waals surface area contributed by atoms with E-state index in [0.29, 0.717) is 21.5 Å². The van der Waals surface area contributed by atoms with Gasteiger partial charge in [-0.05, 0) is 31.2 Å². The van der Waals surface area contributed by atoms with Crippen LogP contribution in [-0.4, -0.2) is 29.8 Å². The minimum atomic E-state index is -5.48. The molecule has 2 rings (SSSR count). The molecule has 0 aliphatic rings. The molecule has 2 aromatic rings. The van der Waals surface area contributed by atoms with Crippen molar-refractivity contribution in [3.05, 3.63) is 40.4 Å². The predicted molar refractivity (Wildman–Crippen MR) is 97.6 cm³/mol. The van der Waals surface area contributed by atoms with Crippen LogP contribution in [0.25, 0.3) is 0 Å². The fourth-order valence-electron chi connectivity index (χ4n) is 2.18. The maximum Gasteiger partial charge on any atom is 0.369 e.